The molecule has 4 heterocycles. The van der Waals surface area contributed by atoms with Gasteiger partial charge in [0.2, 0.25) is 5.91 Å². The highest BCUT2D eigenvalue weighted by Gasteiger charge is 2.43. The lowest BCUT2D eigenvalue weighted by atomic mass is 9.75. The van der Waals surface area contributed by atoms with E-state index in [0.29, 0.717) is 19.0 Å². The van der Waals surface area contributed by atoms with Crippen molar-refractivity contribution in [3.8, 4) is 5.75 Å². The van der Waals surface area contributed by atoms with E-state index in [4.69, 9.17) is 4.74 Å². The summed E-state index contributed by atoms with van der Waals surface area (Å²) in [4.78, 5) is 26.8. The molecule has 160 valence electrons. The van der Waals surface area contributed by atoms with Crippen LogP contribution in [0.1, 0.15) is 28.9 Å². The van der Waals surface area contributed by atoms with Crippen LogP contribution in [0.4, 0.5) is 0 Å². The highest BCUT2D eigenvalue weighted by atomic mass is 16.5. The van der Waals surface area contributed by atoms with Crippen molar-refractivity contribution in [3.05, 3.63) is 41.7 Å². The van der Waals surface area contributed by atoms with Gasteiger partial charge in [0.15, 0.2) is 5.69 Å². The number of para-hydroxylation sites is 1. The first kappa shape index (κ1) is 20.3. The standard InChI is InChI=1S/C21H27N5O4/c1-29-19-6-4-3-5-15(19)10-22-20(27)17-12-25-8-7-14(17)9-16(25)11-26-13-18(23-24-26)21(28)30-2/h3-6,13-14,16-17H,7-12H2,1-2H3,(H,22,27)/t14-,16+,17-/m0/s1. The maximum atomic E-state index is 12.9. The summed E-state index contributed by atoms with van der Waals surface area (Å²) in [5.74, 6) is 0.736. The summed E-state index contributed by atoms with van der Waals surface area (Å²) in [5.41, 5.74) is 1.18. The predicted molar refractivity (Wildman–Crippen MR) is 108 cm³/mol. The van der Waals surface area contributed by atoms with Crippen molar-refractivity contribution in [1.82, 2.24) is 25.2 Å². The van der Waals surface area contributed by atoms with Crippen LogP contribution >= 0.6 is 0 Å². The molecule has 5 rings (SSSR count). The molecule has 3 fully saturated rings. The van der Waals surface area contributed by atoms with E-state index in [1.165, 1.54) is 7.11 Å². The van der Waals surface area contributed by atoms with E-state index < -0.39 is 5.97 Å². The molecule has 0 saturated carbocycles. The number of benzene rings is 1. The van der Waals surface area contributed by atoms with Gasteiger partial charge in [0.1, 0.15) is 5.75 Å². The lowest BCUT2D eigenvalue weighted by Gasteiger charge is -2.49. The molecule has 0 spiro atoms. The summed E-state index contributed by atoms with van der Waals surface area (Å²) >= 11 is 0. The Kier molecular flexibility index (Phi) is 5.98. The van der Waals surface area contributed by atoms with Crippen molar-refractivity contribution < 1.29 is 19.1 Å². The number of ether oxygens (including phenoxy) is 2. The molecule has 9 nitrogen and oxygen atoms in total. The van der Waals surface area contributed by atoms with E-state index in [1.807, 2.05) is 24.3 Å². The number of piperidine rings is 3. The minimum absolute atomic E-state index is 0.00826. The molecular formula is C21H27N5O4. The van der Waals surface area contributed by atoms with Gasteiger partial charge in [0.05, 0.1) is 32.9 Å². The van der Waals surface area contributed by atoms with Gasteiger partial charge in [-0.1, -0.05) is 23.4 Å². The number of rotatable bonds is 7. The van der Waals surface area contributed by atoms with Gasteiger partial charge in [0.25, 0.3) is 0 Å². The zero-order valence-corrected chi connectivity index (χ0v) is 17.3. The summed E-state index contributed by atoms with van der Waals surface area (Å²) in [6.45, 7) is 2.83. The van der Waals surface area contributed by atoms with Gasteiger partial charge in [-0.05, 0) is 31.4 Å². The average molecular weight is 413 g/mol. The van der Waals surface area contributed by atoms with E-state index in [2.05, 4.69) is 25.3 Å². The summed E-state index contributed by atoms with van der Waals surface area (Å²) < 4.78 is 11.7. The minimum Gasteiger partial charge on any atom is -0.496 e. The highest BCUT2D eigenvalue weighted by Crippen LogP contribution is 2.37. The Hall–Kier alpha value is -2.94. The van der Waals surface area contributed by atoms with E-state index >= 15 is 0 Å². The zero-order valence-electron chi connectivity index (χ0n) is 17.3. The lowest BCUT2D eigenvalue weighted by Crippen LogP contribution is -2.58. The quantitative estimate of drug-likeness (QED) is 0.679. The summed E-state index contributed by atoms with van der Waals surface area (Å²) in [6.07, 6.45) is 3.57. The number of fused-ring (bicyclic) bond motifs is 3. The van der Waals surface area contributed by atoms with E-state index in [1.54, 1.807) is 18.0 Å². The molecule has 9 heteroatoms. The van der Waals surface area contributed by atoms with Gasteiger partial charge >= 0.3 is 5.97 Å². The molecular weight excluding hydrogens is 386 g/mol. The zero-order chi connectivity index (χ0) is 21.1. The van der Waals surface area contributed by atoms with Crippen molar-refractivity contribution in [1.29, 1.82) is 0 Å². The van der Waals surface area contributed by atoms with E-state index in [-0.39, 0.29) is 23.6 Å². The molecule has 2 aromatic rings. The largest absolute Gasteiger partial charge is 0.496 e. The maximum Gasteiger partial charge on any atom is 0.360 e. The van der Waals surface area contributed by atoms with Crippen molar-refractivity contribution in [2.24, 2.45) is 11.8 Å². The molecule has 0 radical (unpaired) electrons. The summed E-state index contributed by atoms with van der Waals surface area (Å²) in [5, 5.41) is 11.0. The Morgan fingerprint density at radius 3 is 2.83 bits per heavy atom. The van der Waals surface area contributed by atoms with Crippen LogP contribution in [0.5, 0.6) is 5.75 Å². The number of hydrogen-bond acceptors (Lipinski definition) is 7. The SMILES string of the molecule is COC(=O)c1cn(C[C@H]2C[C@@H]3CCN2C[C@@H]3C(=O)NCc2ccccc2OC)nn1. The minimum atomic E-state index is -0.487. The summed E-state index contributed by atoms with van der Waals surface area (Å²) in [6, 6.07) is 8.01. The van der Waals surface area contributed by atoms with Crippen LogP contribution in [0.15, 0.2) is 30.5 Å². The molecule has 2 bridgehead atoms. The van der Waals surface area contributed by atoms with Crippen molar-refractivity contribution >= 4 is 11.9 Å². The number of amides is 1. The molecule has 1 amide bonds. The van der Waals surface area contributed by atoms with Crippen LogP contribution < -0.4 is 10.1 Å². The summed E-state index contributed by atoms with van der Waals surface area (Å²) in [7, 11) is 2.96. The van der Waals surface area contributed by atoms with Crippen molar-refractivity contribution in [3.63, 3.8) is 0 Å². The second-order valence-corrected chi connectivity index (χ2v) is 7.89. The first-order valence-electron chi connectivity index (χ1n) is 10.2. The molecule has 0 aliphatic carbocycles. The second-order valence-electron chi connectivity index (χ2n) is 7.89. The van der Waals surface area contributed by atoms with Crippen LogP contribution in [0.25, 0.3) is 0 Å². The number of nitrogens with zero attached hydrogens (tertiary/aromatic N) is 4. The number of nitrogens with one attached hydrogen (secondary N) is 1. The van der Waals surface area contributed by atoms with Gasteiger partial charge in [-0.3, -0.25) is 14.4 Å². The molecule has 1 aromatic carbocycles. The Morgan fingerprint density at radius 2 is 2.10 bits per heavy atom. The van der Waals surface area contributed by atoms with Crippen LogP contribution in [-0.4, -0.2) is 65.1 Å². The normalized spacial score (nSPS) is 25.0. The number of carbonyl (C=O) groups is 2. The van der Waals surface area contributed by atoms with Gasteiger partial charge in [-0.15, -0.1) is 5.10 Å². The second kappa shape index (κ2) is 8.83. The lowest BCUT2D eigenvalue weighted by molar-refractivity contribution is -0.133. The molecule has 30 heavy (non-hydrogen) atoms. The average Bonchev–Trinajstić information content (AvgIpc) is 3.26. The van der Waals surface area contributed by atoms with Gasteiger partial charge < -0.3 is 14.8 Å². The molecule has 1 unspecified atom stereocenters. The first-order valence-corrected chi connectivity index (χ1v) is 10.2. The Bertz CT molecular complexity index is 914. The third-order valence-electron chi connectivity index (χ3n) is 6.19. The molecule has 3 saturated heterocycles. The fraction of sp³-hybridized carbons (Fsp3) is 0.524. The Morgan fingerprint density at radius 1 is 1.27 bits per heavy atom. The maximum absolute atomic E-state index is 12.9. The fourth-order valence-electron chi connectivity index (χ4n) is 4.59. The molecule has 3 aliphatic rings. The topological polar surface area (TPSA) is 98.6 Å². The molecule has 1 N–H and O–H groups in total. The number of methoxy groups -OCH3 is 2. The van der Waals surface area contributed by atoms with Crippen LogP contribution in [-0.2, 0) is 22.6 Å². The fourth-order valence-corrected chi connectivity index (χ4v) is 4.59. The third kappa shape index (κ3) is 4.16. The van der Waals surface area contributed by atoms with Crippen LogP contribution in [0.2, 0.25) is 0 Å². The highest BCUT2D eigenvalue weighted by molar-refractivity contribution is 5.86. The van der Waals surface area contributed by atoms with E-state index in [0.717, 1.165) is 37.2 Å². The molecule has 4 atom stereocenters. The number of esters is 1. The monoisotopic (exact) mass is 413 g/mol. The Labute approximate surface area is 175 Å². The predicted octanol–water partition coefficient (Wildman–Crippen LogP) is 1.10. The van der Waals surface area contributed by atoms with Gasteiger partial charge in [-0.2, -0.15) is 0 Å². The molecule has 1 aromatic heterocycles. The van der Waals surface area contributed by atoms with Gasteiger partial charge in [-0.25, -0.2) is 4.79 Å². The number of hydrogen-bond donors (Lipinski definition) is 1. The van der Waals surface area contributed by atoms with Crippen molar-refractivity contribution in [2.75, 3.05) is 27.3 Å². The van der Waals surface area contributed by atoms with Crippen molar-refractivity contribution in [2.45, 2.75) is 32.0 Å². The smallest absolute Gasteiger partial charge is 0.360 e. The van der Waals surface area contributed by atoms with E-state index in [9.17, 15) is 9.59 Å². The number of carbonyl (C=O) groups excluding carboxylic acids is 2. The first-order chi connectivity index (χ1) is 14.6. The Balaban J connectivity index is 1.34. The number of aromatic nitrogens is 3. The van der Waals surface area contributed by atoms with Gasteiger partial charge in [0, 0.05) is 24.7 Å². The third-order valence-corrected chi connectivity index (χ3v) is 6.19. The van der Waals surface area contributed by atoms with Crippen LogP contribution in [0, 0.1) is 11.8 Å². The van der Waals surface area contributed by atoms with Crippen LogP contribution in [0.3, 0.4) is 0 Å². The molecule has 3 aliphatic heterocycles.